The van der Waals surface area contributed by atoms with Crippen molar-refractivity contribution >= 4 is 5.91 Å². The molecule has 2 rings (SSSR count). The molecule has 438 valence electrons. The van der Waals surface area contributed by atoms with Crippen molar-refractivity contribution in [1.82, 2.24) is 5.32 Å². The first kappa shape index (κ1) is 69.3. The van der Waals surface area contributed by atoms with E-state index < -0.39 is 86.8 Å². The van der Waals surface area contributed by atoms with Gasteiger partial charge in [-0.3, -0.25) is 4.79 Å². The Morgan fingerprint density at radius 3 is 1.45 bits per heavy atom. The van der Waals surface area contributed by atoms with Gasteiger partial charge in [0.15, 0.2) is 12.6 Å². The number of hydrogen-bond acceptors (Lipinski definition) is 13. The molecular weight excluding hydrogens is 967 g/mol. The van der Waals surface area contributed by atoms with Crippen LogP contribution < -0.4 is 5.32 Å². The maximum absolute atomic E-state index is 13.2. The van der Waals surface area contributed by atoms with Gasteiger partial charge in [-0.05, 0) is 83.5 Å². The van der Waals surface area contributed by atoms with Crippen molar-refractivity contribution in [3.8, 4) is 0 Å². The molecule has 2 aliphatic heterocycles. The van der Waals surface area contributed by atoms with Crippen molar-refractivity contribution in [2.24, 2.45) is 0 Å². The predicted octanol–water partition coefficient (Wildman–Crippen LogP) is 10.1. The lowest BCUT2D eigenvalue weighted by Crippen LogP contribution is -2.65. The van der Waals surface area contributed by atoms with Crippen LogP contribution in [0.3, 0.4) is 0 Å². The highest BCUT2D eigenvalue weighted by Crippen LogP contribution is 2.30. The van der Waals surface area contributed by atoms with Crippen LogP contribution in [0.4, 0.5) is 0 Å². The minimum Gasteiger partial charge on any atom is -0.394 e. The summed E-state index contributed by atoms with van der Waals surface area (Å²) >= 11 is 0. The van der Waals surface area contributed by atoms with Gasteiger partial charge in [-0.1, -0.05) is 202 Å². The highest BCUT2D eigenvalue weighted by Gasteiger charge is 2.51. The molecule has 0 aromatic heterocycles. The molecule has 12 unspecified atom stereocenters. The van der Waals surface area contributed by atoms with Crippen LogP contribution in [0, 0.1) is 0 Å². The number of ether oxygens (including phenoxy) is 4. The topological polar surface area (TPSA) is 228 Å². The average molecular weight is 1070 g/mol. The van der Waals surface area contributed by atoms with Crippen LogP contribution in [-0.4, -0.2) is 140 Å². The molecule has 2 heterocycles. The number of allylic oxidation sites excluding steroid dienone is 13. The van der Waals surface area contributed by atoms with E-state index in [0.29, 0.717) is 12.8 Å². The summed E-state index contributed by atoms with van der Waals surface area (Å²) in [5.41, 5.74) is 0. The van der Waals surface area contributed by atoms with E-state index in [0.717, 1.165) is 77.0 Å². The Balaban J connectivity index is 1.80. The van der Waals surface area contributed by atoms with Crippen molar-refractivity contribution in [1.29, 1.82) is 0 Å². The maximum Gasteiger partial charge on any atom is 0.220 e. The van der Waals surface area contributed by atoms with E-state index in [4.69, 9.17) is 18.9 Å². The summed E-state index contributed by atoms with van der Waals surface area (Å²) in [5.74, 6) is -0.279. The summed E-state index contributed by atoms with van der Waals surface area (Å²) in [7, 11) is 0. The van der Waals surface area contributed by atoms with Gasteiger partial charge < -0.3 is 65.1 Å². The zero-order chi connectivity index (χ0) is 55.3. The van der Waals surface area contributed by atoms with Crippen LogP contribution in [0.1, 0.15) is 206 Å². The zero-order valence-corrected chi connectivity index (χ0v) is 47.0. The standard InChI is InChI=1S/C62H107NO13/c1-3-5-7-9-11-13-15-17-19-21-22-23-24-25-26-27-28-30-31-33-35-37-39-41-43-45-51(66)50(63-54(67)46-44-42-40-38-36-34-32-29-20-18-16-14-12-10-8-6-4-2)49-73-61-59(72)57(70)60(53(48-65)75-61)76-62-58(71)56(69)55(68)52(47-64)74-62/h6,8,12,14,18,20,28,30,32,34-35,37,43,45,50-53,55-62,64-66,68-72H,3-5,7,9-11,13,15-17,19,21-27,29,31,33,36,38-42,44,46-49H2,1-2H3,(H,63,67)/b8-6-,14-12-,20-18-,30-28+,34-32-,37-35+,45-43+. The van der Waals surface area contributed by atoms with Crippen LogP contribution in [0.2, 0.25) is 0 Å². The normalized spacial score (nSPS) is 25.5. The molecule has 2 fully saturated rings. The molecule has 0 aromatic rings. The fourth-order valence-corrected chi connectivity index (χ4v) is 9.25. The van der Waals surface area contributed by atoms with E-state index >= 15 is 0 Å². The van der Waals surface area contributed by atoms with Gasteiger partial charge >= 0.3 is 0 Å². The quantitative estimate of drug-likeness (QED) is 0.0205. The molecule has 76 heavy (non-hydrogen) atoms. The molecule has 9 N–H and O–H groups in total. The van der Waals surface area contributed by atoms with E-state index in [2.05, 4.69) is 92.1 Å². The fraction of sp³-hybridized carbons (Fsp3) is 0.758. The number of nitrogens with one attached hydrogen (secondary N) is 1. The number of carbonyl (C=O) groups excluding carboxylic acids is 1. The minimum atomic E-state index is -1.80. The number of carbonyl (C=O) groups is 1. The molecule has 14 heteroatoms. The molecule has 0 bridgehead atoms. The Hall–Kier alpha value is -2.83. The number of hydrogen-bond donors (Lipinski definition) is 9. The molecule has 1 amide bonds. The Labute approximate surface area is 459 Å². The van der Waals surface area contributed by atoms with Gasteiger partial charge in [0.1, 0.15) is 48.8 Å². The molecule has 2 aliphatic rings. The average Bonchev–Trinajstić information content (AvgIpc) is 3.42. The molecule has 0 aromatic carbocycles. The zero-order valence-electron chi connectivity index (χ0n) is 47.0. The van der Waals surface area contributed by atoms with Gasteiger partial charge in [0, 0.05) is 6.42 Å². The largest absolute Gasteiger partial charge is 0.394 e. The van der Waals surface area contributed by atoms with Crippen molar-refractivity contribution in [3.63, 3.8) is 0 Å². The molecule has 0 spiro atoms. The highest BCUT2D eigenvalue weighted by molar-refractivity contribution is 5.76. The molecule has 12 atom stereocenters. The van der Waals surface area contributed by atoms with Gasteiger partial charge in [0.25, 0.3) is 0 Å². The van der Waals surface area contributed by atoms with Gasteiger partial charge in [0.05, 0.1) is 32.0 Å². The first-order valence-corrected chi connectivity index (χ1v) is 29.8. The Morgan fingerprint density at radius 2 is 0.921 bits per heavy atom. The Kier molecular flexibility index (Phi) is 42.9. The second-order valence-corrected chi connectivity index (χ2v) is 20.7. The minimum absolute atomic E-state index is 0.237. The van der Waals surface area contributed by atoms with Crippen molar-refractivity contribution in [2.75, 3.05) is 19.8 Å². The van der Waals surface area contributed by atoms with Crippen LogP contribution in [0.5, 0.6) is 0 Å². The Bertz CT molecular complexity index is 1600. The van der Waals surface area contributed by atoms with E-state index in [-0.39, 0.29) is 18.9 Å². The highest BCUT2D eigenvalue weighted by atomic mass is 16.7. The first-order valence-electron chi connectivity index (χ1n) is 29.8. The molecule has 0 radical (unpaired) electrons. The van der Waals surface area contributed by atoms with Crippen LogP contribution >= 0.6 is 0 Å². The summed E-state index contributed by atoms with van der Waals surface area (Å²) < 4.78 is 22.7. The monoisotopic (exact) mass is 1070 g/mol. The number of aliphatic hydroxyl groups is 8. The summed E-state index contributed by atoms with van der Waals surface area (Å²) in [6.07, 6.45) is 46.3. The molecule has 14 nitrogen and oxygen atoms in total. The predicted molar refractivity (Wildman–Crippen MR) is 304 cm³/mol. The SMILES string of the molecule is CC/C=C\C/C=C\C/C=C\C/C=C\CCCCCCC(=O)NC(COC1OC(CO)C(OC2OC(CO)C(O)C(O)C2O)C(O)C1O)C(O)/C=C/CC/C=C/CC/C=C/CCCCCCCCCCCCCCCCC. The number of unbranched alkanes of at least 4 members (excludes halogenated alkanes) is 21. The second-order valence-electron chi connectivity index (χ2n) is 20.7. The number of aliphatic hydroxyl groups excluding tert-OH is 8. The van der Waals surface area contributed by atoms with E-state index in [1.807, 2.05) is 6.08 Å². The molecule has 2 saturated heterocycles. The number of amides is 1. The molecule has 0 aliphatic carbocycles. The summed E-state index contributed by atoms with van der Waals surface area (Å²) in [6.45, 7) is 2.64. The van der Waals surface area contributed by atoms with E-state index in [9.17, 15) is 45.6 Å². The third-order valence-electron chi connectivity index (χ3n) is 14.0. The lowest BCUT2D eigenvalue weighted by Gasteiger charge is -2.46. The summed E-state index contributed by atoms with van der Waals surface area (Å²) in [6, 6.07) is -0.956. The fourth-order valence-electron chi connectivity index (χ4n) is 9.25. The van der Waals surface area contributed by atoms with Crippen LogP contribution in [0.25, 0.3) is 0 Å². The van der Waals surface area contributed by atoms with Gasteiger partial charge in [-0.25, -0.2) is 0 Å². The lowest BCUT2D eigenvalue weighted by atomic mass is 9.97. The van der Waals surface area contributed by atoms with E-state index in [1.54, 1.807) is 6.08 Å². The third-order valence-corrected chi connectivity index (χ3v) is 14.0. The second kappa shape index (κ2) is 47.0. The van der Waals surface area contributed by atoms with Gasteiger partial charge in [0.2, 0.25) is 5.91 Å². The molecule has 0 saturated carbocycles. The van der Waals surface area contributed by atoms with Crippen LogP contribution in [-0.2, 0) is 23.7 Å². The first-order chi connectivity index (χ1) is 37.1. The van der Waals surface area contributed by atoms with E-state index in [1.165, 1.54) is 96.3 Å². The molecular formula is C62H107NO13. The van der Waals surface area contributed by atoms with Crippen LogP contribution in [0.15, 0.2) is 85.1 Å². The van der Waals surface area contributed by atoms with Crippen molar-refractivity contribution in [3.05, 3.63) is 85.1 Å². The third kappa shape index (κ3) is 32.3. The summed E-state index contributed by atoms with van der Waals surface area (Å²) in [4.78, 5) is 13.2. The smallest absolute Gasteiger partial charge is 0.220 e. The summed E-state index contributed by atoms with van der Waals surface area (Å²) in [5, 5.41) is 87.0. The Morgan fingerprint density at radius 1 is 0.487 bits per heavy atom. The van der Waals surface area contributed by atoms with Crippen molar-refractivity contribution < 1.29 is 64.6 Å². The number of rotatable bonds is 46. The van der Waals surface area contributed by atoms with Gasteiger partial charge in [-0.2, -0.15) is 0 Å². The van der Waals surface area contributed by atoms with Crippen molar-refractivity contribution in [2.45, 2.75) is 280 Å². The maximum atomic E-state index is 13.2. The van der Waals surface area contributed by atoms with Gasteiger partial charge in [-0.15, -0.1) is 0 Å². The lowest BCUT2D eigenvalue weighted by molar-refractivity contribution is -0.359.